The number of rotatable bonds is 3. The zero-order valence-electron chi connectivity index (χ0n) is 10.2. The molecule has 2 N–H and O–H groups in total. The summed E-state index contributed by atoms with van der Waals surface area (Å²) < 4.78 is 10.6. The third-order valence-electron chi connectivity index (χ3n) is 2.69. The molecule has 3 nitrogen and oxygen atoms in total. The van der Waals surface area contributed by atoms with Gasteiger partial charge in [0, 0.05) is 16.8 Å². The van der Waals surface area contributed by atoms with E-state index < -0.39 is 0 Å². The molecule has 0 fully saturated rings. The molecule has 0 heterocycles. The number of hydrogen-bond acceptors (Lipinski definition) is 3. The van der Waals surface area contributed by atoms with E-state index in [4.69, 9.17) is 26.8 Å². The van der Waals surface area contributed by atoms with Gasteiger partial charge in [0.2, 0.25) is 0 Å². The Morgan fingerprint density at radius 3 is 2.33 bits per heavy atom. The molecule has 2 aromatic rings. The fourth-order valence-corrected chi connectivity index (χ4v) is 2.07. The summed E-state index contributed by atoms with van der Waals surface area (Å²) in [6, 6.07) is 11.0. The fraction of sp³-hybridized carbons (Fsp3) is 0.143. The molecule has 18 heavy (non-hydrogen) atoms. The minimum absolute atomic E-state index is 0.585. The molecule has 0 aliphatic heterocycles. The summed E-state index contributed by atoms with van der Waals surface area (Å²) in [6.45, 7) is 0. The van der Waals surface area contributed by atoms with Crippen LogP contribution >= 0.6 is 11.6 Å². The Bertz CT molecular complexity index is 570. The first-order valence-corrected chi connectivity index (χ1v) is 5.81. The normalized spacial score (nSPS) is 10.2. The second-order valence-electron chi connectivity index (χ2n) is 3.81. The summed E-state index contributed by atoms with van der Waals surface area (Å²) in [7, 11) is 3.24. The van der Waals surface area contributed by atoms with Gasteiger partial charge in [0.05, 0.1) is 19.2 Å². The van der Waals surface area contributed by atoms with Gasteiger partial charge in [-0.25, -0.2) is 0 Å². The summed E-state index contributed by atoms with van der Waals surface area (Å²) >= 11 is 6.21. The number of ether oxygens (including phenoxy) is 2. The number of methoxy groups -OCH3 is 2. The van der Waals surface area contributed by atoms with Crippen molar-refractivity contribution in [2.75, 3.05) is 20.0 Å². The maximum Gasteiger partial charge on any atom is 0.127 e. The number of hydrogen-bond donors (Lipinski definition) is 1. The van der Waals surface area contributed by atoms with E-state index in [0.29, 0.717) is 10.7 Å². The highest BCUT2D eigenvalue weighted by Crippen LogP contribution is 2.37. The van der Waals surface area contributed by atoms with E-state index in [-0.39, 0.29) is 0 Å². The molecule has 0 spiro atoms. The highest BCUT2D eigenvalue weighted by Gasteiger charge is 2.11. The molecule has 0 radical (unpaired) electrons. The number of anilines is 1. The van der Waals surface area contributed by atoms with Gasteiger partial charge in [0.15, 0.2) is 0 Å². The molecule has 0 aliphatic rings. The van der Waals surface area contributed by atoms with Gasteiger partial charge >= 0.3 is 0 Å². The zero-order valence-corrected chi connectivity index (χ0v) is 11.0. The van der Waals surface area contributed by atoms with Crippen LogP contribution in [-0.2, 0) is 0 Å². The van der Waals surface area contributed by atoms with Crippen molar-refractivity contribution in [3.8, 4) is 22.6 Å². The summed E-state index contributed by atoms with van der Waals surface area (Å²) in [4.78, 5) is 0. The first-order valence-electron chi connectivity index (χ1n) is 5.43. The van der Waals surface area contributed by atoms with Crippen LogP contribution in [-0.4, -0.2) is 14.2 Å². The Morgan fingerprint density at radius 2 is 1.72 bits per heavy atom. The monoisotopic (exact) mass is 263 g/mol. The predicted molar refractivity (Wildman–Crippen MR) is 74.4 cm³/mol. The van der Waals surface area contributed by atoms with Crippen molar-refractivity contribution < 1.29 is 9.47 Å². The van der Waals surface area contributed by atoms with Crippen molar-refractivity contribution in [1.82, 2.24) is 0 Å². The van der Waals surface area contributed by atoms with E-state index in [0.717, 1.165) is 22.6 Å². The van der Waals surface area contributed by atoms with Gasteiger partial charge in [-0.2, -0.15) is 0 Å². The average Bonchev–Trinajstić information content (AvgIpc) is 2.38. The second-order valence-corrected chi connectivity index (χ2v) is 4.21. The quantitative estimate of drug-likeness (QED) is 0.861. The highest BCUT2D eigenvalue weighted by molar-refractivity contribution is 6.33. The standard InChI is InChI=1S/C14H14ClNO2/c1-17-10-4-6-14(18-2)12(8-10)11-5-3-9(16)7-13(11)15/h3-8H,16H2,1-2H3. The van der Waals surface area contributed by atoms with E-state index in [1.165, 1.54) is 0 Å². The first kappa shape index (κ1) is 12.6. The van der Waals surface area contributed by atoms with Crippen LogP contribution in [0.25, 0.3) is 11.1 Å². The van der Waals surface area contributed by atoms with Crippen LogP contribution in [0.1, 0.15) is 0 Å². The van der Waals surface area contributed by atoms with Gasteiger partial charge in [-0.05, 0) is 30.3 Å². The van der Waals surface area contributed by atoms with Crippen molar-refractivity contribution >= 4 is 17.3 Å². The van der Waals surface area contributed by atoms with E-state index in [9.17, 15) is 0 Å². The van der Waals surface area contributed by atoms with Crippen LogP contribution < -0.4 is 15.2 Å². The molecule has 4 heteroatoms. The van der Waals surface area contributed by atoms with Crippen molar-refractivity contribution in [3.05, 3.63) is 41.4 Å². The summed E-state index contributed by atoms with van der Waals surface area (Å²) in [5, 5.41) is 0.585. The van der Waals surface area contributed by atoms with Gasteiger partial charge in [-0.15, -0.1) is 0 Å². The van der Waals surface area contributed by atoms with Crippen molar-refractivity contribution in [2.45, 2.75) is 0 Å². The molecule has 0 saturated carbocycles. The van der Waals surface area contributed by atoms with Crippen molar-refractivity contribution in [1.29, 1.82) is 0 Å². The fourth-order valence-electron chi connectivity index (χ4n) is 1.77. The first-order chi connectivity index (χ1) is 8.65. The molecule has 94 valence electrons. The zero-order chi connectivity index (χ0) is 13.1. The number of benzene rings is 2. The minimum Gasteiger partial charge on any atom is -0.497 e. The van der Waals surface area contributed by atoms with Crippen LogP contribution in [0, 0.1) is 0 Å². The molecule has 2 aromatic carbocycles. The van der Waals surface area contributed by atoms with Crippen LogP contribution in [0.2, 0.25) is 5.02 Å². The molecule has 2 rings (SSSR count). The smallest absolute Gasteiger partial charge is 0.127 e. The Morgan fingerprint density at radius 1 is 0.944 bits per heavy atom. The van der Waals surface area contributed by atoms with Gasteiger partial charge in [-0.3, -0.25) is 0 Å². The third kappa shape index (κ3) is 2.36. The lowest BCUT2D eigenvalue weighted by molar-refractivity contribution is 0.404. The van der Waals surface area contributed by atoms with E-state index in [1.807, 2.05) is 24.3 Å². The maximum absolute atomic E-state index is 6.21. The average molecular weight is 264 g/mol. The molecular formula is C14H14ClNO2. The molecule has 0 amide bonds. The minimum atomic E-state index is 0.585. The lowest BCUT2D eigenvalue weighted by atomic mass is 10.0. The van der Waals surface area contributed by atoms with Gasteiger partial charge in [-0.1, -0.05) is 17.7 Å². The summed E-state index contributed by atoms with van der Waals surface area (Å²) in [5.41, 5.74) is 8.06. The van der Waals surface area contributed by atoms with Gasteiger partial charge in [0.25, 0.3) is 0 Å². The number of nitrogen functional groups attached to an aromatic ring is 1. The highest BCUT2D eigenvalue weighted by atomic mass is 35.5. The van der Waals surface area contributed by atoms with Crippen LogP contribution in [0.15, 0.2) is 36.4 Å². The molecule has 0 unspecified atom stereocenters. The Kier molecular flexibility index (Phi) is 3.63. The lowest BCUT2D eigenvalue weighted by Gasteiger charge is -2.12. The number of nitrogens with two attached hydrogens (primary N) is 1. The van der Waals surface area contributed by atoms with Gasteiger partial charge in [0.1, 0.15) is 11.5 Å². The van der Waals surface area contributed by atoms with Crippen LogP contribution in [0.5, 0.6) is 11.5 Å². The van der Waals surface area contributed by atoms with Crippen LogP contribution in [0.4, 0.5) is 5.69 Å². The topological polar surface area (TPSA) is 44.5 Å². The molecule has 0 aliphatic carbocycles. The lowest BCUT2D eigenvalue weighted by Crippen LogP contribution is -1.92. The molecule has 0 saturated heterocycles. The largest absolute Gasteiger partial charge is 0.497 e. The third-order valence-corrected chi connectivity index (χ3v) is 3.00. The van der Waals surface area contributed by atoms with Crippen molar-refractivity contribution in [3.63, 3.8) is 0 Å². The van der Waals surface area contributed by atoms with Gasteiger partial charge < -0.3 is 15.2 Å². The van der Waals surface area contributed by atoms with E-state index >= 15 is 0 Å². The molecule has 0 aromatic heterocycles. The molecular weight excluding hydrogens is 250 g/mol. The number of halogens is 1. The Hall–Kier alpha value is -1.87. The molecule has 0 atom stereocenters. The maximum atomic E-state index is 6.21. The second kappa shape index (κ2) is 5.19. The molecule has 0 bridgehead atoms. The van der Waals surface area contributed by atoms with Crippen molar-refractivity contribution in [2.24, 2.45) is 0 Å². The van der Waals surface area contributed by atoms with Crippen LogP contribution in [0.3, 0.4) is 0 Å². The predicted octanol–water partition coefficient (Wildman–Crippen LogP) is 3.61. The Balaban J connectivity index is 2.60. The summed E-state index contributed by atoms with van der Waals surface area (Å²) in [5.74, 6) is 1.49. The van der Waals surface area contributed by atoms with E-state index in [1.54, 1.807) is 26.4 Å². The SMILES string of the molecule is COc1ccc(OC)c(-c2ccc(N)cc2Cl)c1. The Labute approximate surface area is 111 Å². The summed E-state index contributed by atoms with van der Waals surface area (Å²) in [6.07, 6.45) is 0. The van der Waals surface area contributed by atoms with E-state index in [2.05, 4.69) is 0 Å².